The Hall–Kier alpha value is -3.14. The lowest BCUT2D eigenvalue weighted by molar-refractivity contribution is 0.0509. The molecule has 1 fully saturated rings. The van der Waals surface area contributed by atoms with E-state index in [4.69, 9.17) is 4.74 Å². The smallest absolute Gasteiger partial charge is 0.407 e. The van der Waals surface area contributed by atoms with Gasteiger partial charge >= 0.3 is 6.09 Å². The van der Waals surface area contributed by atoms with Crippen molar-refractivity contribution in [3.63, 3.8) is 0 Å². The number of aromatic nitrogens is 2. The fourth-order valence-corrected chi connectivity index (χ4v) is 3.06. The first-order valence-electron chi connectivity index (χ1n) is 8.92. The van der Waals surface area contributed by atoms with Crippen LogP contribution in [0.2, 0.25) is 0 Å². The van der Waals surface area contributed by atoms with Gasteiger partial charge in [-0.3, -0.25) is 0 Å². The van der Waals surface area contributed by atoms with Crippen molar-refractivity contribution < 1.29 is 9.53 Å². The quantitative estimate of drug-likeness (QED) is 0.899. The second-order valence-electron chi connectivity index (χ2n) is 7.49. The monoisotopic (exact) mass is 365 g/mol. The zero-order valence-electron chi connectivity index (χ0n) is 15.8. The number of nitrogens with zero attached hydrogens (tertiary/aromatic N) is 4. The normalized spacial score (nSPS) is 16.7. The van der Waals surface area contributed by atoms with Gasteiger partial charge in [-0.25, -0.2) is 14.8 Å². The third-order valence-electron chi connectivity index (χ3n) is 4.19. The van der Waals surface area contributed by atoms with E-state index in [1.165, 1.54) is 0 Å². The number of amides is 1. The number of ether oxygens (including phenoxy) is 1. The Balaban J connectivity index is 1.70. The Bertz CT molecular complexity index is 855. The zero-order valence-corrected chi connectivity index (χ0v) is 15.8. The second-order valence-corrected chi connectivity index (χ2v) is 7.49. The molecule has 0 radical (unpaired) electrons. The van der Waals surface area contributed by atoms with Crippen molar-refractivity contribution in [2.24, 2.45) is 0 Å². The molecule has 1 aromatic heterocycles. The van der Waals surface area contributed by atoms with Gasteiger partial charge in [0, 0.05) is 31.0 Å². The van der Waals surface area contributed by atoms with Crippen LogP contribution in [-0.2, 0) is 4.74 Å². The van der Waals surface area contributed by atoms with Crippen molar-refractivity contribution in [3.8, 4) is 17.5 Å². The number of carbonyl (C=O) groups is 1. The molecule has 7 heteroatoms. The molecule has 3 rings (SSSR count). The molecule has 1 atom stereocenters. The number of hydrogen-bond donors (Lipinski definition) is 1. The summed E-state index contributed by atoms with van der Waals surface area (Å²) in [5.41, 5.74) is 1.70. The SMILES string of the molecule is CC(C)(C)OC(=O)NC1CCN(c2ccc(-c3ncccn3)cc2C#N)C1. The fraction of sp³-hybridized carbons (Fsp3) is 0.400. The van der Waals surface area contributed by atoms with Crippen LogP contribution in [0.3, 0.4) is 0 Å². The number of benzene rings is 1. The van der Waals surface area contributed by atoms with Gasteiger partial charge < -0.3 is 15.0 Å². The standard InChI is InChI=1S/C20H23N5O2/c1-20(2,3)27-19(26)24-16-7-10-25(13-16)17-6-5-14(11-15(17)12-21)18-22-8-4-9-23-18/h4-6,8-9,11,16H,7,10,13H2,1-3H3,(H,24,26). The predicted octanol–water partition coefficient (Wildman–Crippen LogP) is 3.12. The first-order chi connectivity index (χ1) is 12.9. The summed E-state index contributed by atoms with van der Waals surface area (Å²) in [5, 5.41) is 12.5. The third kappa shape index (κ3) is 4.73. The number of nitriles is 1. The van der Waals surface area contributed by atoms with Crippen LogP contribution in [0.1, 0.15) is 32.8 Å². The molecule has 2 aromatic rings. The van der Waals surface area contributed by atoms with Gasteiger partial charge in [-0.05, 0) is 51.5 Å². The second kappa shape index (κ2) is 7.62. The topological polar surface area (TPSA) is 91.1 Å². The summed E-state index contributed by atoms with van der Waals surface area (Å²) in [6.45, 7) is 6.91. The van der Waals surface area contributed by atoms with Gasteiger partial charge in [0.2, 0.25) is 0 Å². The zero-order chi connectivity index (χ0) is 19.4. The first-order valence-corrected chi connectivity index (χ1v) is 8.92. The number of hydrogen-bond acceptors (Lipinski definition) is 6. The van der Waals surface area contributed by atoms with Gasteiger partial charge in [0.1, 0.15) is 11.7 Å². The van der Waals surface area contributed by atoms with E-state index in [2.05, 4.69) is 26.3 Å². The predicted molar refractivity (Wildman–Crippen MR) is 102 cm³/mol. The highest BCUT2D eigenvalue weighted by molar-refractivity contribution is 5.70. The molecular weight excluding hydrogens is 342 g/mol. The summed E-state index contributed by atoms with van der Waals surface area (Å²) in [6, 6.07) is 9.64. The Labute approximate surface area is 159 Å². The molecule has 0 aliphatic carbocycles. The largest absolute Gasteiger partial charge is 0.444 e. The van der Waals surface area contributed by atoms with E-state index in [0.717, 1.165) is 24.2 Å². The van der Waals surface area contributed by atoms with Crippen LogP contribution in [0, 0.1) is 11.3 Å². The molecule has 140 valence electrons. The average molecular weight is 365 g/mol. The molecule has 0 saturated carbocycles. The van der Waals surface area contributed by atoms with E-state index < -0.39 is 11.7 Å². The summed E-state index contributed by atoms with van der Waals surface area (Å²) in [6.07, 6.45) is 3.74. The van der Waals surface area contributed by atoms with E-state index >= 15 is 0 Å². The number of nitrogens with one attached hydrogen (secondary N) is 1. The molecule has 1 unspecified atom stereocenters. The van der Waals surface area contributed by atoms with Crippen LogP contribution in [-0.4, -0.2) is 40.8 Å². The molecule has 1 aliphatic rings. The van der Waals surface area contributed by atoms with Crippen LogP contribution in [0.4, 0.5) is 10.5 Å². The maximum atomic E-state index is 12.0. The van der Waals surface area contributed by atoms with Gasteiger partial charge in [0.25, 0.3) is 0 Å². The van der Waals surface area contributed by atoms with Crippen molar-refractivity contribution in [1.82, 2.24) is 15.3 Å². The summed E-state index contributed by atoms with van der Waals surface area (Å²) in [7, 11) is 0. The van der Waals surface area contributed by atoms with E-state index in [9.17, 15) is 10.1 Å². The molecule has 2 heterocycles. The highest BCUT2D eigenvalue weighted by Crippen LogP contribution is 2.28. The van der Waals surface area contributed by atoms with E-state index in [-0.39, 0.29) is 6.04 Å². The van der Waals surface area contributed by atoms with Crippen molar-refractivity contribution in [2.75, 3.05) is 18.0 Å². The molecule has 1 N–H and O–H groups in total. The fourth-order valence-electron chi connectivity index (χ4n) is 3.06. The molecule has 1 saturated heterocycles. The van der Waals surface area contributed by atoms with Crippen molar-refractivity contribution in [2.45, 2.75) is 38.8 Å². The summed E-state index contributed by atoms with van der Waals surface area (Å²) in [4.78, 5) is 22.5. The minimum Gasteiger partial charge on any atom is -0.444 e. The third-order valence-corrected chi connectivity index (χ3v) is 4.19. The maximum Gasteiger partial charge on any atom is 0.407 e. The van der Waals surface area contributed by atoms with Crippen molar-refractivity contribution in [1.29, 1.82) is 5.26 Å². The van der Waals surface area contributed by atoms with Crippen LogP contribution in [0.25, 0.3) is 11.4 Å². The summed E-state index contributed by atoms with van der Waals surface area (Å²) < 4.78 is 5.32. The maximum absolute atomic E-state index is 12.0. The Morgan fingerprint density at radius 1 is 1.33 bits per heavy atom. The molecule has 0 bridgehead atoms. The number of carbonyl (C=O) groups excluding carboxylic acids is 1. The molecule has 0 spiro atoms. The molecular formula is C20H23N5O2. The molecule has 1 amide bonds. The lowest BCUT2D eigenvalue weighted by atomic mass is 10.1. The van der Waals surface area contributed by atoms with Crippen LogP contribution >= 0.6 is 0 Å². The van der Waals surface area contributed by atoms with Gasteiger partial charge in [-0.15, -0.1) is 0 Å². The van der Waals surface area contributed by atoms with Crippen molar-refractivity contribution in [3.05, 3.63) is 42.2 Å². The highest BCUT2D eigenvalue weighted by atomic mass is 16.6. The highest BCUT2D eigenvalue weighted by Gasteiger charge is 2.27. The Kier molecular flexibility index (Phi) is 5.26. The first kappa shape index (κ1) is 18.6. The number of alkyl carbamates (subject to hydrolysis) is 1. The minimum atomic E-state index is -0.522. The van der Waals surface area contributed by atoms with E-state index in [0.29, 0.717) is 17.9 Å². The number of rotatable bonds is 3. The number of anilines is 1. The van der Waals surface area contributed by atoms with Crippen molar-refractivity contribution >= 4 is 11.8 Å². The summed E-state index contributed by atoms with van der Waals surface area (Å²) in [5.74, 6) is 0.589. The van der Waals surface area contributed by atoms with Crippen LogP contribution < -0.4 is 10.2 Å². The van der Waals surface area contributed by atoms with Crippen LogP contribution in [0.5, 0.6) is 0 Å². The van der Waals surface area contributed by atoms with Gasteiger partial charge in [-0.2, -0.15) is 5.26 Å². The van der Waals surface area contributed by atoms with E-state index in [1.54, 1.807) is 24.5 Å². The molecule has 1 aromatic carbocycles. The van der Waals surface area contributed by atoms with Gasteiger partial charge in [-0.1, -0.05) is 0 Å². The van der Waals surface area contributed by atoms with E-state index in [1.807, 2.05) is 32.9 Å². The average Bonchev–Trinajstić information content (AvgIpc) is 3.08. The molecule has 1 aliphatic heterocycles. The molecule has 27 heavy (non-hydrogen) atoms. The molecule has 7 nitrogen and oxygen atoms in total. The Morgan fingerprint density at radius 2 is 2.07 bits per heavy atom. The van der Waals surface area contributed by atoms with Crippen LogP contribution in [0.15, 0.2) is 36.7 Å². The Morgan fingerprint density at radius 3 is 2.74 bits per heavy atom. The summed E-state index contributed by atoms with van der Waals surface area (Å²) >= 11 is 0. The minimum absolute atomic E-state index is 0.0106. The van der Waals surface area contributed by atoms with Gasteiger partial charge in [0.15, 0.2) is 5.82 Å². The lowest BCUT2D eigenvalue weighted by Crippen LogP contribution is -2.40. The van der Waals surface area contributed by atoms with Gasteiger partial charge in [0.05, 0.1) is 17.3 Å². The lowest BCUT2D eigenvalue weighted by Gasteiger charge is -2.23.